The normalized spacial score (nSPS) is 10.1. The van der Waals surface area contributed by atoms with Crippen molar-refractivity contribution in [1.29, 1.82) is 0 Å². The van der Waals surface area contributed by atoms with E-state index < -0.39 is 0 Å². The lowest BCUT2D eigenvalue weighted by Crippen LogP contribution is -2.18. The molecular formula is C20H24N2. The highest BCUT2D eigenvalue weighted by atomic mass is 15.1. The zero-order valence-electron chi connectivity index (χ0n) is 13.4. The summed E-state index contributed by atoms with van der Waals surface area (Å²) in [5.74, 6) is 0.797. The molecular weight excluding hydrogens is 268 g/mol. The van der Waals surface area contributed by atoms with E-state index in [1.807, 2.05) is 12.1 Å². The predicted molar refractivity (Wildman–Crippen MR) is 96.7 cm³/mol. The molecule has 0 unspecified atom stereocenters. The first-order valence-corrected chi connectivity index (χ1v) is 7.63. The third kappa shape index (κ3) is 4.26. The van der Waals surface area contributed by atoms with Crippen molar-refractivity contribution >= 4 is 11.8 Å². The molecule has 2 heteroatoms. The van der Waals surface area contributed by atoms with Crippen molar-refractivity contribution in [2.75, 3.05) is 5.32 Å². The first-order valence-electron chi connectivity index (χ1n) is 7.63. The summed E-state index contributed by atoms with van der Waals surface area (Å²) >= 11 is 0. The Morgan fingerprint density at radius 2 is 1.77 bits per heavy atom. The van der Waals surface area contributed by atoms with Crippen LogP contribution in [0, 0.1) is 6.92 Å². The molecule has 0 aliphatic rings. The van der Waals surface area contributed by atoms with Gasteiger partial charge >= 0.3 is 0 Å². The number of anilines is 1. The molecule has 114 valence electrons. The fourth-order valence-corrected chi connectivity index (χ4v) is 2.30. The quantitative estimate of drug-likeness (QED) is 0.760. The lowest BCUT2D eigenvalue weighted by molar-refractivity contribution is 0.819. The van der Waals surface area contributed by atoms with Crippen molar-refractivity contribution in [3.05, 3.63) is 83.7 Å². The summed E-state index contributed by atoms with van der Waals surface area (Å²) in [6.45, 7) is 12.8. The minimum Gasteiger partial charge on any atom is -0.368 e. The van der Waals surface area contributed by atoms with Crippen LogP contribution in [0.4, 0.5) is 5.69 Å². The van der Waals surface area contributed by atoms with Crippen molar-refractivity contribution in [3.8, 4) is 0 Å². The maximum absolute atomic E-state index is 4.03. The fraction of sp³-hybridized carbons (Fsp3) is 0.200. The third-order valence-electron chi connectivity index (χ3n) is 3.72. The van der Waals surface area contributed by atoms with E-state index in [0.29, 0.717) is 0 Å². The van der Waals surface area contributed by atoms with E-state index in [0.717, 1.165) is 30.0 Å². The lowest BCUT2D eigenvalue weighted by atomic mass is 10.1. The second-order valence-corrected chi connectivity index (χ2v) is 5.40. The Bertz CT molecular complexity index is 654. The topological polar surface area (TPSA) is 24.1 Å². The predicted octanol–water partition coefficient (Wildman–Crippen LogP) is 4.87. The highest BCUT2D eigenvalue weighted by Crippen LogP contribution is 2.17. The van der Waals surface area contributed by atoms with Crippen molar-refractivity contribution in [2.24, 2.45) is 0 Å². The lowest BCUT2D eigenvalue weighted by Gasteiger charge is -2.13. The van der Waals surface area contributed by atoms with Crippen LogP contribution in [0.15, 0.2) is 61.4 Å². The highest BCUT2D eigenvalue weighted by Gasteiger charge is 1.99. The molecule has 2 rings (SSSR count). The minimum atomic E-state index is 0.763. The summed E-state index contributed by atoms with van der Waals surface area (Å²) in [5.41, 5.74) is 5.99. The van der Waals surface area contributed by atoms with E-state index in [1.54, 1.807) is 0 Å². The molecule has 0 saturated heterocycles. The SMILES string of the molecule is C=Cc1ccc(NC(=C)NCc2ccc(CC)cc2)cc1C. The molecule has 2 aromatic carbocycles. The Hall–Kier alpha value is -2.48. The van der Waals surface area contributed by atoms with Crippen molar-refractivity contribution in [1.82, 2.24) is 5.32 Å². The molecule has 0 radical (unpaired) electrons. The summed E-state index contributed by atoms with van der Waals surface area (Å²) in [7, 11) is 0. The van der Waals surface area contributed by atoms with Crippen molar-refractivity contribution < 1.29 is 0 Å². The van der Waals surface area contributed by atoms with Crippen LogP contribution < -0.4 is 10.6 Å². The maximum Gasteiger partial charge on any atom is 0.0959 e. The molecule has 0 spiro atoms. The molecule has 2 nitrogen and oxygen atoms in total. The van der Waals surface area contributed by atoms with Gasteiger partial charge in [-0.1, -0.05) is 56.5 Å². The summed E-state index contributed by atoms with van der Waals surface area (Å²) in [6, 6.07) is 14.8. The summed E-state index contributed by atoms with van der Waals surface area (Å²) in [5, 5.41) is 6.59. The smallest absolute Gasteiger partial charge is 0.0959 e. The van der Waals surface area contributed by atoms with Gasteiger partial charge in [0.2, 0.25) is 0 Å². The van der Waals surface area contributed by atoms with E-state index in [4.69, 9.17) is 0 Å². The van der Waals surface area contributed by atoms with Crippen molar-refractivity contribution in [2.45, 2.75) is 26.8 Å². The molecule has 0 aliphatic heterocycles. The Kier molecular flexibility index (Phi) is 5.42. The van der Waals surface area contributed by atoms with Crippen LogP contribution in [0.2, 0.25) is 0 Å². The van der Waals surface area contributed by atoms with E-state index in [-0.39, 0.29) is 0 Å². The standard InChI is InChI=1S/C20H24N2/c1-5-17-7-9-18(10-8-17)14-21-16(4)22-20-12-11-19(6-2)15(3)13-20/h6-13,21-22H,2,4-5,14H2,1,3H3. The Balaban J connectivity index is 1.89. The summed E-state index contributed by atoms with van der Waals surface area (Å²) in [6.07, 6.45) is 2.94. The molecule has 0 aromatic heterocycles. The summed E-state index contributed by atoms with van der Waals surface area (Å²) < 4.78 is 0. The third-order valence-corrected chi connectivity index (χ3v) is 3.72. The molecule has 2 aromatic rings. The van der Waals surface area contributed by atoms with Crippen LogP contribution >= 0.6 is 0 Å². The second-order valence-electron chi connectivity index (χ2n) is 5.40. The summed E-state index contributed by atoms with van der Waals surface area (Å²) in [4.78, 5) is 0. The van der Waals surface area contributed by atoms with Gasteiger partial charge in [0, 0.05) is 12.2 Å². The van der Waals surface area contributed by atoms with Crippen LogP contribution in [0.25, 0.3) is 6.08 Å². The molecule has 0 saturated carbocycles. The van der Waals surface area contributed by atoms with E-state index >= 15 is 0 Å². The van der Waals surface area contributed by atoms with Gasteiger partial charge in [0.15, 0.2) is 0 Å². The molecule has 0 amide bonds. The molecule has 2 N–H and O–H groups in total. The van der Waals surface area contributed by atoms with E-state index in [9.17, 15) is 0 Å². The minimum absolute atomic E-state index is 0.763. The van der Waals surface area contributed by atoms with Crippen LogP contribution in [0.5, 0.6) is 0 Å². The number of aryl methyl sites for hydroxylation is 2. The number of rotatable bonds is 7. The van der Waals surface area contributed by atoms with Gasteiger partial charge in [0.1, 0.15) is 0 Å². The van der Waals surface area contributed by atoms with Crippen LogP contribution in [-0.2, 0) is 13.0 Å². The zero-order valence-corrected chi connectivity index (χ0v) is 13.4. The largest absolute Gasteiger partial charge is 0.368 e. The van der Waals surface area contributed by atoms with Crippen LogP contribution in [-0.4, -0.2) is 0 Å². The molecule has 0 heterocycles. The van der Waals surface area contributed by atoms with Gasteiger partial charge in [-0.15, -0.1) is 0 Å². The first-order chi connectivity index (χ1) is 10.6. The highest BCUT2D eigenvalue weighted by molar-refractivity contribution is 5.59. The van der Waals surface area contributed by atoms with E-state index in [1.165, 1.54) is 16.7 Å². The molecule has 0 bridgehead atoms. The number of hydrogen-bond acceptors (Lipinski definition) is 2. The average molecular weight is 292 g/mol. The molecule has 22 heavy (non-hydrogen) atoms. The Labute approximate surface area is 133 Å². The number of hydrogen-bond donors (Lipinski definition) is 2. The Morgan fingerprint density at radius 1 is 1.09 bits per heavy atom. The average Bonchev–Trinajstić information content (AvgIpc) is 2.53. The van der Waals surface area contributed by atoms with Gasteiger partial charge < -0.3 is 10.6 Å². The molecule has 0 aliphatic carbocycles. The monoisotopic (exact) mass is 292 g/mol. The number of nitrogens with one attached hydrogen (secondary N) is 2. The number of benzene rings is 2. The fourth-order valence-electron chi connectivity index (χ4n) is 2.30. The first kappa shape index (κ1) is 15.9. The van der Waals surface area contributed by atoms with Gasteiger partial charge in [-0.2, -0.15) is 0 Å². The van der Waals surface area contributed by atoms with Crippen LogP contribution in [0.1, 0.15) is 29.2 Å². The maximum atomic E-state index is 4.03. The van der Waals surface area contributed by atoms with Gasteiger partial charge in [-0.25, -0.2) is 0 Å². The molecule has 0 atom stereocenters. The Morgan fingerprint density at radius 3 is 2.36 bits per heavy atom. The molecule has 0 fully saturated rings. The van der Waals surface area contributed by atoms with Gasteiger partial charge in [0.25, 0.3) is 0 Å². The van der Waals surface area contributed by atoms with E-state index in [2.05, 4.69) is 74.0 Å². The van der Waals surface area contributed by atoms with Crippen molar-refractivity contribution in [3.63, 3.8) is 0 Å². The van der Waals surface area contributed by atoms with Crippen LogP contribution in [0.3, 0.4) is 0 Å². The van der Waals surface area contributed by atoms with Gasteiger partial charge in [0.05, 0.1) is 5.82 Å². The van der Waals surface area contributed by atoms with Gasteiger partial charge in [-0.05, 0) is 47.7 Å². The zero-order chi connectivity index (χ0) is 15.9. The van der Waals surface area contributed by atoms with Gasteiger partial charge in [-0.3, -0.25) is 0 Å². The second kappa shape index (κ2) is 7.51.